The molecule has 0 unspecified atom stereocenters. The molecule has 0 bridgehead atoms. The Balaban J connectivity index is 2.00. The number of carbonyl (C=O) groups excluding carboxylic acids is 1. The molecule has 0 fully saturated rings. The summed E-state index contributed by atoms with van der Waals surface area (Å²) in [6.07, 6.45) is 0.242. The van der Waals surface area contributed by atoms with E-state index in [0.717, 1.165) is 16.7 Å². The van der Waals surface area contributed by atoms with Crippen LogP contribution in [0.25, 0.3) is 0 Å². The van der Waals surface area contributed by atoms with E-state index in [0.29, 0.717) is 0 Å². The molecule has 2 aromatic carbocycles. The van der Waals surface area contributed by atoms with Gasteiger partial charge in [-0.05, 0) is 30.2 Å². The van der Waals surface area contributed by atoms with Gasteiger partial charge in [0.15, 0.2) is 0 Å². The maximum absolute atomic E-state index is 13.2. The molecule has 0 saturated carbocycles. The molecule has 26 heavy (non-hydrogen) atoms. The van der Waals surface area contributed by atoms with Crippen LogP contribution in [0.1, 0.15) is 16.7 Å². The second-order valence-corrected chi connectivity index (χ2v) is 8.13. The summed E-state index contributed by atoms with van der Waals surface area (Å²) >= 11 is 0. The Kier molecular flexibility index (Phi) is 5.41. The summed E-state index contributed by atoms with van der Waals surface area (Å²) in [5.74, 6) is -0.649. The van der Waals surface area contributed by atoms with Gasteiger partial charge in [-0.2, -0.15) is 4.31 Å². The van der Waals surface area contributed by atoms with E-state index in [1.165, 1.54) is 4.31 Å². The summed E-state index contributed by atoms with van der Waals surface area (Å²) in [4.78, 5) is 12.6. The third kappa shape index (κ3) is 3.65. The second kappa shape index (κ2) is 7.57. The molecule has 7 heteroatoms. The summed E-state index contributed by atoms with van der Waals surface area (Å²) < 4.78 is 32.6. The molecule has 2 aromatic rings. The van der Waals surface area contributed by atoms with Crippen molar-refractivity contribution in [2.75, 3.05) is 13.2 Å². The van der Waals surface area contributed by atoms with E-state index >= 15 is 0 Å². The van der Waals surface area contributed by atoms with Gasteiger partial charge in [0.1, 0.15) is 12.6 Å². The number of hydrogen-bond donors (Lipinski definition) is 1. The van der Waals surface area contributed by atoms with Gasteiger partial charge in [-0.1, -0.05) is 42.0 Å². The predicted molar refractivity (Wildman–Crippen MR) is 95.9 cm³/mol. The summed E-state index contributed by atoms with van der Waals surface area (Å²) in [5.41, 5.74) is 2.75. The van der Waals surface area contributed by atoms with E-state index in [1.54, 1.807) is 24.3 Å². The minimum Gasteiger partial charge on any atom is -0.462 e. The van der Waals surface area contributed by atoms with E-state index in [4.69, 9.17) is 9.84 Å². The molecule has 1 heterocycles. The molecule has 1 atom stereocenters. The van der Waals surface area contributed by atoms with Gasteiger partial charge in [-0.3, -0.25) is 4.79 Å². The van der Waals surface area contributed by atoms with Crippen LogP contribution in [-0.4, -0.2) is 43.1 Å². The maximum atomic E-state index is 13.2. The fourth-order valence-corrected chi connectivity index (χ4v) is 4.60. The minimum absolute atomic E-state index is 0.102. The Labute approximate surface area is 153 Å². The molecular weight excluding hydrogens is 354 g/mol. The molecule has 1 N–H and O–H groups in total. The van der Waals surface area contributed by atoms with Crippen molar-refractivity contribution in [1.82, 2.24) is 4.31 Å². The Morgan fingerprint density at radius 3 is 2.46 bits per heavy atom. The van der Waals surface area contributed by atoms with Gasteiger partial charge in [0, 0.05) is 13.0 Å². The summed E-state index contributed by atoms with van der Waals surface area (Å²) in [6, 6.07) is 13.0. The normalized spacial score (nSPS) is 17.5. The number of nitrogens with zero attached hydrogens (tertiary/aromatic N) is 1. The Bertz CT molecular complexity index is 892. The number of esters is 1. The van der Waals surface area contributed by atoms with Gasteiger partial charge in [0.05, 0.1) is 11.5 Å². The molecule has 1 aliphatic heterocycles. The van der Waals surface area contributed by atoms with Crippen LogP contribution in [-0.2, 0) is 32.5 Å². The van der Waals surface area contributed by atoms with Crippen LogP contribution in [0.15, 0.2) is 53.4 Å². The van der Waals surface area contributed by atoms with Crippen LogP contribution in [0, 0.1) is 6.92 Å². The SMILES string of the molecule is Cc1ccc(S(=O)(=O)N2Cc3ccccc3C[C@@H]2C(=O)OCCO)cc1. The maximum Gasteiger partial charge on any atom is 0.324 e. The van der Waals surface area contributed by atoms with Gasteiger partial charge >= 0.3 is 5.97 Å². The fourth-order valence-electron chi connectivity index (χ4n) is 3.04. The predicted octanol–water partition coefficient (Wildman–Crippen LogP) is 1.65. The standard InChI is InChI=1S/C19H21NO5S/c1-14-6-8-17(9-7-14)26(23,24)20-13-16-5-3-2-4-15(16)12-18(20)19(22)25-11-10-21/h2-9,18,21H,10-13H2,1H3/t18-/m1/s1. The zero-order chi connectivity index (χ0) is 18.7. The quantitative estimate of drug-likeness (QED) is 0.804. The third-order valence-corrected chi connectivity index (χ3v) is 6.31. The highest BCUT2D eigenvalue weighted by Gasteiger charge is 2.40. The lowest BCUT2D eigenvalue weighted by Crippen LogP contribution is -2.49. The molecule has 138 valence electrons. The molecule has 0 amide bonds. The zero-order valence-corrected chi connectivity index (χ0v) is 15.3. The average molecular weight is 375 g/mol. The Morgan fingerprint density at radius 2 is 1.81 bits per heavy atom. The van der Waals surface area contributed by atoms with Crippen molar-refractivity contribution in [2.45, 2.75) is 30.8 Å². The van der Waals surface area contributed by atoms with Crippen LogP contribution < -0.4 is 0 Å². The molecule has 0 aliphatic carbocycles. The zero-order valence-electron chi connectivity index (χ0n) is 14.5. The molecule has 6 nitrogen and oxygen atoms in total. The van der Waals surface area contributed by atoms with Crippen molar-refractivity contribution in [3.63, 3.8) is 0 Å². The number of aryl methyl sites for hydroxylation is 1. The van der Waals surface area contributed by atoms with Crippen LogP contribution in [0.5, 0.6) is 0 Å². The number of aliphatic hydroxyl groups excluding tert-OH is 1. The Morgan fingerprint density at radius 1 is 1.15 bits per heavy atom. The molecular formula is C19H21NO5S. The van der Waals surface area contributed by atoms with Crippen LogP contribution >= 0.6 is 0 Å². The summed E-state index contributed by atoms with van der Waals surface area (Å²) in [7, 11) is -3.87. The van der Waals surface area contributed by atoms with Crippen LogP contribution in [0.2, 0.25) is 0 Å². The van der Waals surface area contributed by atoms with E-state index in [2.05, 4.69) is 0 Å². The number of carbonyl (C=O) groups is 1. The van der Waals surface area contributed by atoms with Crippen LogP contribution in [0.3, 0.4) is 0 Å². The highest BCUT2D eigenvalue weighted by atomic mass is 32.2. The van der Waals surface area contributed by atoms with Crippen molar-refractivity contribution >= 4 is 16.0 Å². The van der Waals surface area contributed by atoms with Gasteiger partial charge < -0.3 is 9.84 Å². The monoisotopic (exact) mass is 375 g/mol. The third-order valence-electron chi connectivity index (χ3n) is 4.44. The number of aliphatic hydroxyl groups is 1. The largest absolute Gasteiger partial charge is 0.462 e. The molecule has 3 rings (SSSR count). The van der Waals surface area contributed by atoms with Crippen molar-refractivity contribution in [1.29, 1.82) is 0 Å². The second-order valence-electron chi connectivity index (χ2n) is 6.24. The molecule has 0 radical (unpaired) electrons. The number of hydrogen-bond acceptors (Lipinski definition) is 5. The number of fused-ring (bicyclic) bond motifs is 1. The van der Waals surface area contributed by atoms with Crippen molar-refractivity contribution < 1.29 is 23.1 Å². The fraction of sp³-hybridized carbons (Fsp3) is 0.316. The number of ether oxygens (including phenoxy) is 1. The van der Waals surface area contributed by atoms with Crippen molar-refractivity contribution in [3.05, 3.63) is 65.2 Å². The van der Waals surface area contributed by atoms with Gasteiger partial charge in [-0.25, -0.2) is 8.42 Å². The summed E-state index contributed by atoms with van der Waals surface area (Å²) in [5, 5.41) is 8.89. The first kappa shape index (κ1) is 18.6. The first-order chi connectivity index (χ1) is 12.4. The number of rotatable bonds is 5. The van der Waals surface area contributed by atoms with E-state index in [9.17, 15) is 13.2 Å². The average Bonchev–Trinajstić information content (AvgIpc) is 2.65. The number of sulfonamides is 1. The van der Waals surface area contributed by atoms with E-state index in [1.807, 2.05) is 31.2 Å². The highest BCUT2D eigenvalue weighted by Crippen LogP contribution is 2.29. The molecule has 0 aromatic heterocycles. The first-order valence-electron chi connectivity index (χ1n) is 8.36. The smallest absolute Gasteiger partial charge is 0.324 e. The van der Waals surface area contributed by atoms with Gasteiger partial charge in [0.25, 0.3) is 0 Å². The lowest BCUT2D eigenvalue weighted by molar-refractivity contribution is -0.149. The lowest BCUT2D eigenvalue weighted by atomic mass is 9.96. The van der Waals surface area contributed by atoms with Gasteiger partial charge in [-0.15, -0.1) is 0 Å². The van der Waals surface area contributed by atoms with Crippen LogP contribution in [0.4, 0.5) is 0 Å². The van der Waals surface area contributed by atoms with Crippen molar-refractivity contribution in [2.24, 2.45) is 0 Å². The topological polar surface area (TPSA) is 83.9 Å². The first-order valence-corrected chi connectivity index (χ1v) is 9.80. The van der Waals surface area contributed by atoms with E-state index < -0.39 is 22.0 Å². The number of benzene rings is 2. The molecule has 0 spiro atoms. The lowest BCUT2D eigenvalue weighted by Gasteiger charge is -2.34. The van der Waals surface area contributed by atoms with Crippen molar-refractivity contribution in [3.8, 4) is 0 Å². The molecule has 1 aliphatic rings. The minimum atomic E-state index is -3.87. The van der Waals surface area contributed by atoms with E-state index in [-0.39, 0.29) is 31.1 Å². The highest BCUT2D eigenvalue weighted by molar-refractivity contribution is 7.89. The molecule has 0 saturated heterocycles. The van der Waals surface area contributed by atoms with Gasteiger partial charge in [0.2, 0.25) is 10.0 Å². The Hall–Kier alpha value is -2.22. The summed E-state index contributed by atoms with van der Waals surface area (Å²) in [6.45, 7) is 1.52.